The predicted octanol–water partition coefficient (Wildman–Crippen LogP) is 2.59. The fraction of sp³-hybridized carbons (Fsp3) is 0.273. The van der Waals surface area contributed by atoms with Gasteiger partial charge >= 0.3 is 0 Å². The summed E-state index contributed by atoms with van der Waals surface area (Å²) in [6, 6.07) is 6.18. The molecular formula is C11H13BrN4. The molecule has 0 radical (unpaired) electrons. The molecule has 1 N–H and O–H groups in total. The Morgan fingerprint density at radius 2 is 2.06 bits per heavy atom. The molecule has 0 saturated carbocycles. The number of rotatable bonds is 2. The van der Waals surface area contributed by atoms with Crippen molar-refractivity contribution in [1.29, 1.82) is 0 Å². The van der Waals surface area contributed by atoms with Gasteiger partial charge in [0.05, 0.1) is 0 Å². The van der Waals surface area contributed by atoms with Gasteiger partial charge in [0.1, 0.15) is 0 Å². The molecule has 0 spiro atoms. The topological polar surface area (TPSA) is 42.7 Å². The van der Waals surface area contributed by atoms with Crippen molar-refractivity contribution in [2.45, 2.75) is 6.92 Å². The lowest BCUT2D eigenvalue weighted by Gasteiger charge is -2.05. The van der Waals surface area contributed by atoms with Crippen molar-refractivity contribution >= 4 is 21.9 Å². The fourth-order valence-corrected chi connectivity index (χ4v) is 2.25. The second-order valence-corrected chi connectivity index (χ2v) is 4.49. The van der Waals surface area contributed by atoms with Crippen LogP contribution in [0, 0.1) is 6.92 Å². The fourth-order valence-electron chi connectivity index (χ4n) is 1.58. The van der Waals surface area contributed by atoms with Crippen LogP contribution in [0.1, 0.15) is 5.56 Å². The number of hydrogen-bond acceptors (Lipinski definition) is 3. The summed E-state index contributed by atoms with van der Waals surface area (Å²) in [5, 5.41) is 11.2. The lowest BCUT2D eigenvalue weighted by atomic mass is 10.1. The Hall–Kier alpha value is -1.36. The molecule has 84 valence electrons. The molecule has 0 aliphatic carbocycles. The summed E-state index contributed by atoms with van der Waals surface area (Å²) in [6.45, 7) is 2.06. The molecule has 0 bridgehead atoms. The summed E-state index contributed by atoms with van der Waals surface area (Å²) in [5.74, 6) is 1.60. The van der Waals surface area contributed by atoms with Crippen molar-refractivity contribution in [3.63, 3.8) is 0 Å². The molecule has 0 atom stereocenters. The minimum absolute atomic E-state index is 0.752. The van der Waals surface area contributed by atoms with Crippen LogP contribution >= 0.6 is 15.9 Å². The molecule has 0 aliphatic heterocycles. The molecule has 0 aliphatic rings. The molecule has 0 amide bonds. The van der Waals surface area contributed by atoms with Crippen LogP contribution in [-0.2, 0) is 7.05 Å². The summed E-state index contributed by atoms with van der Waals surface area (Å²) >= 11 is 3.55. The van der Waals surface area contributed by atoms with Crippen molar-refractivity contribution in [2.75, 3.05) is 12.4 Å². The molecule has 1 aromatic heterocycles. The molecule has 0 fully saturated rings. The normalized spacial score (nSPS) is 10.5. The van der Waals surface area contributed by atoms with Crippen LogP contribution in [0.3, 0.4) is 0 Å². The third-order valence-electron chi connectivity index (χ3n) is 2.46. The standard InChI is InChI=1S/C11H13BrN4/c1-7-4-5-8(9(12)6-7)10-14-15-11(13-2)16(10)3/h4-6H,1-3H3,(H,13,15). The Labute approximate surface area is 103 Å². The van der Waals surface area contributed by atoms with Crippen LogP contribution in [0.15, 0.2) is 22.7 Å². The minimum atomic E-state index is 0.752. The van der Waals surface area contributed by atoms with Crippen LogP contribution in [0.5, 0.6) is 0 Å². The smallest absolute Gasteiger partial charge is 0.224 e. The third-order valence-corrected chi connectivity index (χ3v) is 3.12. The first-order valence-electron chi connectivity index (χ1n) is 4.97. The van der Waals surface area contributed by atoms with Gasteiger partial charge in [0.25, 0.3) is 0 Å². The average Bonchev–Trinajstić information content (AvgIpc) is 2.60. The molecule has 4 nitrogen and oxygen atoms in total. The van der Waals surface area contributed by atoms with E-state index in [1.54, 1.807) is 0 Å². The number of benzene rings is 1. The summed E-state index contributed by atoms with van der Waals surface area (Å²) in [7, 11) is 3.77. The molecule has 1 heterocycles. The zero-order valence-corrected chi connectivity index (χ0v) is 11.0. The first-order chi connectivity index (χ1) is 7.63. The van der Waals surface area contributed by atoms with E-state index in [9.17, 15) is 0 Å². The van der Waals surface area contributed by atoms with Gasteiger partial charge in [0.15, 0.2) is 5.82 Å². The maximum atomic E-state index is 4.17. The van der Waals surface area contributed by atoms with Crippen LogP contribution in [0.25, 0.3) is 11.4 Å². The second-order valence-electron chi connectivity index (χ2n) is 3.64. The van der Waals surface area contributed by atoms with Crippen LogP contribution in [0.2, 0.25) is 0 Å². The maximum Gasteiger partial charge on any atom is 0.224 e. The number of nitrogens with one attached hydrogen (secondary N) is 1. The van der Waals surface area contributed by atoms with E-state index < -0.39 is 0 Å². The highest BCUT2D eigenvalue weighted by Gasteiger charge is 2.12. The Balaban J connectivity index is 2.54. The van der Waals surface area contributed by atoms with E-state index >= 15 is 0 Å². The molecular weight excluding hydrogens is 268 g/mol. The Morgan fingerprint density at radius 3 is 2.62 bits per heavy atom. The second kappa shape index (κ2) is 4.25. The predicted molar refractivity (Wildman–Crippen MR) is 68.4 cm³/mol. The van der Waals surface area contributed by atoms with E-state index in [-0.39, 0.29) is 0 Å². The molecule has 1 aromatic carbocycles. The van der Waals surface area contributed by atoms with E-state index in [2.05, 4.69) is 50.5 Å². The lowest BCUT2D eigenvalue weighted by molar-refractivity contribution is 0.924. The number of halogens is 1. The third kappa shape index (κ3) is 1.82. The molecule has 0 saturated heterocycles. The molecule has 0 unspecified atom stereocenters. The zero-order valence-electron chi connectivity index (χ0n) is 9.45. The van der Waals surface area contributed by atoms with Crippen molar-refractivity contribution in [3.05, 3.63) is 28.2 Å². The summed E-state index contributed by atoms with van der Waals surface area (Å²) in [6.07, 6.45) is 0. The van der Waals surface area contributed by atoms with Gasteiger partial charge in [-0.15, -0.1) is 10.2 Å². The van der Waals surface area contributed by atoms with Crippen LogP contribution in [-0.4, -0.2) is 21.8 Å². The number of nitrogens with zero attached hydrogens (tertiary/aromatic N) is 3. The molecule has 2 aromatic rings. The van der Waals surface area contributed by atoms with Gasteiger partial charge in [-0.05, 0) is 24.6 Å². The number of aryl methyl sites for hydroxylation is 1. The number of anilines is 1. The van der Waals surface area contributed by atoms with Crippen molar-refractivity contribution < 1.29 is 0 Å². The van der Waals surface area contributed by atoms with Crippen molar-refractivity contribution in [1.82, 2.24) is 14.8 Å². The Kier molecular flexibility index (Phi) is 2.96. The van der Waals surface area contributed by atoms with Gasteiger partial charge in [-0.1, -0.05) is 22.0 Å². The van der Waals surface area contributed by atoms with Gasteiger partial charge in [0.2, 0.25) is 5.95 Å². The van der Waals surface area contributed by atoms with Gasteiger partial charge in [-0.2, -0.15) is 0 Å². The first-order valence-corrected chi connectivity index (χ1v) is 5.76. The highest BCUT2D eigenvalue weighted by molar-refractivity contribution is 9.10. The van der Waals surface area contributed by atoms with Crippen LogP contribution in [0.4, 0.5) is 5.95 Å². The van der Waals surface area contributed by atoms with Crippen molar-refractivity contribution in [2.24, 2.45) is 7.05 Å². The Bertz CT molecular complexity index is 519. The van der Waals surface area contributed by atoms with Gasteiger partial charge < -0.3 is 5.32 Å². The summed E-state index contributed by atoms with van der Waals surface area (Å²) < 4.78 is 2.96. The zero-order chi connectivity index (χ0) is 11.7. The van der Waals surface area contributed by atoms with E-state index in [1.165, 1.54) is 5.56 Å². The van der Waals surface area contributed by atoms with E-state index in [0.717, 1.165) is 21.8 Å². The lowest BCUT2D eigenvalue weighted by Crippen LogP contribution is -2.00. The van der Waals surface area contributed by atoms with E-state index in [1.807, 2.05) is 24.7 Å². The van der Waals surface area contributed by atoms with Crippen LogP contribution < -0.4 is 5.32 Å². The monoisotopic (exact) mass is 280 g/mol. The molecule has 2 rings (SSSR count). The highest BCUT2D eigenvalue weighted by atomic mass is 79.9. The largest absolute Gasteiger partial charge is 0.357 e. The SMILES string of the molecule is CNc1nnc(-c2ccc(C)cc2Br)n1C. The quantitative estimate of drug-likeness (QED) is 0.920. The van der Waals surface area contributed by atoms with E-state index in [4.69, 9.17) is 0 Å². The number of hydrogen-bond donors (Lipinski definition) is 1. The Morgan fingerprint density at radius 1 is 1.31 bits per heavy atom. The first kappa shape index (κ1) is 11.1. The summed E-state index contributed by atoms with van der Waals surface area (Å²) in [5.41, 5.74) is 2.26. The van der Waals surface area contributed by atoms with E-state index in [0.29, 0.717) is 0 Å². The highest BCUT2D eigenvalue weighted by Crippen LogP contribution is 2.28. The molecule has 16 heavy (non-hydrogen) atoms. The van der Waals surface area contributed by atoms with Gasteiger partial charge in [-0.25, -0.2) is 0 Å². The van der Waals surface area contributed by atoms with Gasteiger partial charge in [-0.3, -0.25) is 4.57 Å². The average molecular weight is 281 g/mol. The van der Waals surface area contributed by atoms with Gasteiger partial charge in [0, 0.05) is 24.1 Å². The van der Waals surface area contributed by atoms with Crippen molar-refractivity contribution in [3.8, 4) is 11.4 Å². The minimum Gasteiger partial charge on any atom is -0.357 e. The summed E-state index contributed by atoms with van der Waals surface area (Å²) in [4.78, 5) is 0. The molecule has 5 heteroatoms. The maximum absolute atomic E-state index is 4.17. The number of aromatic nitrogens is 3.